The van der Waals surface area contributed by atoms with E-state index < -0.39 is 21.1 Å². The van der Waals surface area contributed by atoms with Crippen molar-refractivity contribution in [3.63, 3.8) is 0 Å². The van der Waals surface area contributed by atoms with Gasteiger partial charge in [-0.05, 0) is 0 Å². The van der Waals surface area contributed by atoms with E-state index in [-0.39, 0.29) is 0 Å². The van der Waals surface area contributed by atoms with Crippen LogP contribution in [0.5, 0.6) is 0 Å². The van der Waals surface area contributed by atoms with Gasteiger partial charge in [0.25, 0.3) is 7.59 Å². The number of hydrogen-bond donors (Lipinski definition) is 5. The largest absolute Gasteiger partial charge is 0.381 e. The maximum Gasteiger partial charge on any atom is 0.280 e. The van der Waals surface area contributed by atoms with Crippen LogP contribution in [0.15, 0.2) is 0 Å². The van der Waals surface area contributed by atoms with E-state index in [1.54, 1.807) is 0 Å². The average molecular weight is 155 g/mol. The predicted octanol–water partition coefficient (Wildman–Crippen LogP) is -1.87. The second kappa shape index (κ2) is 3.94. The van der Waals surface area contributed by atoms with E-state index in [0.29, 0.717) is 0 Å². The molecule has 0 aromatic heterocycles. The standard InChI is InChI=1S/C2H10N3O3P/c3-9(8,4-1-6)5-2-7/h6-7H,1-2H2,(H4,3,4,5,8). The number of aliphatic hydroxyl groups excluding tert-OH is 2. The lowest BCUT2D eigenvalue weighted by Crippen LogP contribution is -2.28. The van der Waals surface area contributed by atoms with Gasteiger partial charge in [-0.1, -0.05) is 0 Å². The Morgan fingerprint density at radius 3 is 1.89 bits per heavy atom. The molecule has 0 fully saturated rings. The third-order valence-electron chi connectivity index (χ3n) is 0.611. The molecule has 0 aromatic rings. The van der Waals surface area contributed by atoms with Crippen molar-refractivity contribution in [2.24, 2.45) is 5.50 Å². The summed E-state index contributed by atoms with van der Waals surface area (Å²) in [5.74, 6) is 0. The Balaban J connectivity index is 3.58. The molecule has 0 saturated heterocycles. The molecule has 0 bridgehead atoms. The van der Waals surface area contributed by atoms with E-state index in [1.165, 1.54) is 0 Å². The lowest BCUT2D eigenvalue weighted by Gasteiger charge is -2.10. The van der Waals surface area contributed by atoms with Crippen molar-refractivity contribution in [3.05, 3.63) is 0 Å². The van der Waals surface area contributed by atoms with Crippen molar-refractivity contribution >= 4 is 7.59 Å². The molecule has 6 N–H and O–H groups in total. The zero-order valence-electron chi connectivity index (χ0n) is 4.74. The molecule has 0 aromatic carbocycles. The number of nitrogens with one attached hydrogen (secondary N) is 2. The average Bonchev–Trinajstić information content (AvgIpc) is 1.64. The first-order valence-corrected chi connectivity index (χ1v) is 4.00. The first-order chi connectivity index (χ1) is 4.12. The molecule has 9 heavy (non-hydrogen) atoms. The van der Waals surface area contributed by atoms with E-state index in [4.69, 9.17) is 15.7 Å². The molecular formula is C2H10N3O3P. The molecule has 0 unspecified atom stereocenters. The highest BCUT2D eigenvalue weighted by Gasteiger charge is 2.10. The molecule has 0 aliphatic carbocycles. The summed E-state index contributed by atoms with van der Waals surface area (Å²) in [6.45, 7) is -0.971. The molecule has 0 aliphatic rings. The smallest absolute Gasteiger partial charge is 0.280 e. The second-order valence-electron chi connectivity index (χ2n) is 1.29. The lowest BCUT2D eigenvalue weighted by atomic mass is 11.4. The fraction of sp³-hybridized carbons (Fsp3) is 1.00. The first kappa shape index (κ1) is 9.03. The first-order valence-electron chi connectivity index (χ1n) is 2.23. The van der Waals surface area contributed by atoms with Crippen LogP contribution in [0.25, 0.3) is 0 Å². The van der Waals surface area contributed by atoms with Crippen LogP contribution in [-0.4, -0.2) is 23.7 Å². The Bertz CT molecular complexity index is 108. The third-order valence-corrected chi connectivity index (χ3v) is 1.83. The van der Waals surface area contributed by atoms with Gasteiger partial charge in [-0.25, -0.2) is 10.2 Å². The summed E-state index contributed by atoms with van der Waals surface area (Å²) in [6.07, 6.45) is 0. The molecule has 0 rings (SSSR count). The molecule has 0 heterocycles. The lowest BCUT2D eigenvalue weighted by molar-refractivity contribution is 0.273. The normalized spacial score (nSPS) is 11.9. The number of rotatable bonds is 4. The van der Waals surface area contributed by atoms with Crippen LogP contribution in [0.1, 0.15) is 0 Å². The van der Waals surface area contributed by atoms with E-state index in [0.717, 1.165) is 0 Å². The third kappa shape index (κ3) is 4.53. The summed E-state index contributed by atoms with van der Waals surface area (Å²) >= 11 is 0. The van der Waals surface area contributed by atoms with Crippen molar-refractivity contribution < 1.29 is 14.8 Å². The van der Waals surface area contributed by atoms with Crippen molar-refractivity contribution in [3.8, 4) is 0 Å². The molecule has 7 heteroatoms. The van der Waals surface area contributed by atoms with E-state index in [9.17, 15) is 4.57 Å². The Kier molecular flexibility index (Phi) is 3.96. The molecule has 0 spiro atoms. The highest BCUT2D eigenvalue weighted by Crippen LogP contribution is 2.21. The van der Waals surface area contributed by atoms with Crippen molar-refractivity contribution in [1.82, 2.24) is 10.2 Å². The SMILES string of the molecule is NP(=O)(NCO)NCO. The fourth-order valence-corrected chi connectivity index (χ4v) is 0.798. The van der Waals surface area contributed by atoms with Gasteiger partial charge in [-0.2, -0.15) is 0 Å². The molecule has 6 nitrogen and oxygen atoms in total. The highest BCUT2D eigenvalue weighted by atomic mass is 31.2. The van der Waals surface area contributed by atoms with Gasteiger partial charge in [0.1, 0.15) is 13.5 Å². The van der Waals surface area contributed by atoms with Gasteiger partial charge >= 0.3 is 0 Å². The van der Waals surface area contributed by atoms with Gasteiger partial charge in [-0.15, -0.1) is 0 Å². The summed E-state index contributed by atoms with van der Waals surface area (Å²) in [5, 5.41) is 20.4. The molecule has 0 aliphatic heterocycles. The highest BCUT2D eigenvalue weighted by molar-refractivity contribution is 7.57. The van der Waals surface area contributed by atoms with Crippen LogP contribution >= 0.6 is 7.59 Å². The number of aliphatic hydroxyl groups is 2. The molecule has 0 amide bonds. The summed E-state index contributed by atoms with van der Waals surface area (Å²) in [7, 11) is -3.19. The van der Waals surface area contributed by atoms with E-state index in [1.807, 2.05) is 10.2 Å². The Morgan fingerprint density at radius 2 is 1.67 bits per heavy atom. The van der Waals surface area contributed by atoms with E-state index >= 15 is 0 Å². The van der Waals surface area contributed by atoms with Crippen LogP contribution in [0.2, 0.25) is 0 Å². The van der Waals surface area contributed by atoms with Crippen molar-refractivity contribution in [1.29, 1.82) is 0 Å². The van der Waals surface area contributed by atoms with Crippen LogP contribution < -0.4 is 15.7 Å². The topological polar surface area (TPSA) is 108 Å². The molecule has 0 radical (unpaired) electrons. The van der Waals surface area contributed by atoms with Crippen molar-refractivity contribution in [2.75, 3.05) is 13.5 Å². The maximum atomic E-state index is 10.6. The zero-order valence-corrected chi connectivity index (χ0v) is 5.64. The minimum atomic E-state index is -3.19. The van der Waals surface area contributed by atoms with Gasteiger partial charge in [-0.3, -0.25) is 10.1 Å². The summed E-state index contributed by atoms with van der Waals surface area (Å²) < 4.78 is 10.6. The van der Waals surface area contributed by atoms with Crippen LogP contribution in [0.3, 0.4) is 0 Å². The zero-order chi connectivity index (χ0) is 7.33. The minimum absolute atomic E-state index is 0.485. The van der Waals surface area contributed by atoms with Gasteiger partial charge in [0.2, 0.25) is 0 Å². The Hall–Kier alpha value is 0.0300. The fourth-order valence-electron chi connectivity index (χ4n) is 0.266. The minimum Gasteiger partial charge on any atom is -0.381 e. The number of nitrogens with two attached hydrogens (primary N) is 1. The molecule has 56 valence electrons. The van der Waals surface area contributed by atoms with Gasteiger partial charge in [0.15, 0.2) is 0 Å². The van der Waals surface area contributed by atoms with Crippen LogP contribution in [0.4, 0.5) is 0 Å². The monoisotopic (exact) mass is 155 g/mol. The number of hydrogen-bond acceptors (Lipinski definition) is 3. The Labute approximate surface area is 52.6 Å². The summed E-state index contributed by atoms with van der Waals surface area (Å²) in [4.78, 5) is 0. The van der Waals surface area contributed by atoms with Gasteiger partial charge in [0.05, 0.1) is 0 Å². The molecule has 0 saturated carbocycles. The van der Waals surface area contributed by atoms with Gasteiger partial charge < -0.3 is 10.2 Å². The van der Waals surface area contributed by atoms with E-state index in [2.05, 4.69) is 0 Å². The summed E-state index contributed by atoms with van der Waals surface area (Å²) in [6, 6.07) is 0. The Morgan fingerprint density at radius 1 is 1.33 bits per heavy atom. The van der Waals surface area contributed by atoms with Crippen LogP contribution in [-0.2, 0) is 4.57 Å². The maximum absolute atomic E-state index is 10.6. The van der Waals surface area contributed by atoms with Crippen LogP contribution in [0, 0.1) is 0 Å². The quantitative estimate of drug-likeness (QED) is 0.240. The molecule has 0 atom stereocenters. The predicted molar refractivity (Wildman–Crippen MR) is 32.2 cm³/mol. The second-order valence-corrected chi connectivity index (χ2v) is 3.24. The molecular weight excluding hydrogens is 145 g/mol. The summed E-state index contributed by atoms with van der Waals surface area (Å²) in [5.41, 5.74) is 4.95. The van der Waals surface area contributed by atoms with Crippen molar-refractivity contribution in [2.45, 2.75) is 0 Å². The van der Waals surface area contributed by atoms with Gasteiger partial charge in [0, 0.05) is 0 Å².